The Morgan fingerprint density at radius 2 is 1.85 bits per heavy atom. The molecule has 1 aliphatic heterocycles. The molecule has 0 saturated heterocycles. The van der Waals surface area contributed by atoms with Crippen molar-refractivity contribution < 1.29 is 14.6 Å². The summed E-state index contributed by atoms with van der Waals surface area (Å²) in [4.78, 5) is 21.7. The fourth-order valence-corrected chi connectivity index (χ4v) is 7.03. The van der Waals surface area contributed by atoms with Gasteiger partial charge in [0.15, 0.2) is 0 Å². The second kappa shape index (κ2) is 7.48. The van der Waals surface area contributed by atoms with E-state index in [0.29, 0.717) is 36.0 Å². The molecule has 1 atom stereocenters. The van der Waals surface area contributed by atoms with Crippen LogP contribution in [-0.2, 0) is 5.41 Å². The lowest BCUT2D eigenvalue weighted by Gasteiger charge is -2.56. The van der Waals surface area contributed by atoms with E-state index in [4.69, 9.17) is 21.2 Å². The summed E-state index contributed by atoms with van der Waals surface area (Å²) in [7, 11) is 0. The van der Waals surface area contributed by atoms with E-state index in [1.807, 2.05) is 18.2 Å². The van der Waals surface area contributed by atoms with Crippen LogP contribution in [0.3, 0.4) is 0 Å². The highest BCUT2D eigenvalue weighted by molar-refractivity contribution is 5.99. The number of β-amino-alcohol motifs (C(OH)–C–C–N with tert-alkyl or cyclic N) is 1. The van der Waals surface area contributed by atoms with E-state index in [0.717, 1.165) is 36.3 Å². The predicted molar refractivity (Wildman–Crippen MR) is 125 cm³/mol. The predicted octanol–water partition coefficient (Wildman–Crippen LogP) is 2.53. The lowest BCUT2D eigenvalue weighted by molar-refractivity contribution is -0.00751. The van der Waals surface area contributed by atoms with Crippen LogP contribution in [0.5, 0.6) is 5.75 Å². The molecule has 4 saturated carbocycles. The van der Waals surface area contributed by atoms with Gasteiger partial charge in [-0.25, -0.2) is 4.98 Å². The molecule has 1 unspecified atom stereocenters. The first-order valence-corrected chi connectivity index (χ1v) is 11.8. The summed E-state index contributed by atoms with van der Waals surface area (Å²) in [5, 5.41) is 16.3. The van der Waals surface area contributed by atoms with Crippen LogP contribution in [0.1, 0.15) is 54.6 Å². The number of fused-ring (bicyclic) bond motifs is 1. The Bertz CT molecular complexity index is 1080. The van der Waals surface area contributed by atoms with Crippen molar-refractivity contribution in [1.29, 1.82) is 0 Å². The number of ether oxygens (including phenoxy) is 1. The highest BCUT2D eigenvalue weighted by Crippen LogP contribution is 2.61. The number of nitrogens with one attached hydrogen (secondary N) is 2. The van der Waals surface area contributed by atoms with Gasteiger partial charge >= 0.3 is 0 Å². The van der Waals surface area contributed by atoms with Crippen LogP contribution in [0.15, 0.2) is 18.2 Å². The molecule has 2 heterocycles. The van der Waals surface area contributed by atoms with Gasteiger partial charge in [-0.2, -0.15) is 4.98 Å². The van der Waals surface area contributed by atoms with Crippen molar-refractivity contribution in [3.05, 3.63) is 29.5 Å². The Morgan fingerprint density at radius 1 is 1.15 bits per heavy atom. The van der Waals surface area contributed by atoms with Gasteiger partial charge in [0, 0.05) is 17.6 Å². The fourth-order valence-electron chi connectivity index (χ4n) is 7.03. The summed E-state index contributed by atoms with van der Waals surface area (Å²) < 4.78 is 5.64. The van der Waals surface area contributed by atoms with Crippen molar-refractivity contribution in [2.75, 3.05) is 29.5 Å². The molecule has 2 aromatic rings. The van der Waals surface area contributed by atoms with Gasteiger partial charge < -0.3 is 31.9 Å². The average molecular weight is 451 g/mol. The van der Waals surface area contributed by atoms with E-state index >= 15 is 0 Å². The number of aliphatic hydroxyl groups excluding tert-OH is 1. The van der Waals surface area contributed by atoms with Crippen molar-refractivity contribution in [3.8, 4) is 5.75 Å². The van der Waals surface area contributed by atoms with Crippen molar-refractivity contribution in [3.63, 3.8) is 0 Å². The molecule has 1 amide bonds. The second-order valence-corrected chi connectivity index (χ2v) is 10.4. The normalized spacial score (nSPS) is 31.8. The number of benzene rings is 1. The number of carbonyl (C=O) groups excluding carboxylic acids is 1. The number of aliphatic hydroxyl groups is 1. The number of hydrogen-bond donors (Lipinski definition) is 5. The van der Waals surface area contributed by atoms with Crippen molar-refractivity contribution in [1.82, 2.24) is 9.97 Å². The number of carbonyl (C=O) groups is 1. The summed E-state index contributed by atoms with van der Waals surface area (Å²) in [6.45, 7) is 0.652. The van der Waals surface area contributed by atoms with Crippen LogP contribution < -0.4 is 26.8 Å². The monoisotopic (exact) mass is 450 g/mol. The maximum absolute atomic E-state index is 12.4. The minimum absolute atomic E-state index is 0.130. The Morgan fingerprint density at radius 3 is 2.52 bits per heavy atom. The van der Waals surface area contributed by atoms with Crippen LogP contribution in [0.25, 0.3) is 0 Å². The summed E-state index contributed by atoms with van der Waals surface area (Å²) in [6.07, 6.45) is 6.41. The lowest BCUT2D eigenvalue weighted by atomic mass is 9.48. The molecule has 174 valence electrons. The Hall–Kier alpha value is -3.07. The number of nitrogen functional groups attached to an aromatic ring is 1. The molecular formula is C24H30N6O3. The first-order chi connectivity index (χ1) is 15.9. The van der Waals surface area contributed by atoms with Crippen LogP contribution in [-0.4, -0.2) is 40.2 Å². The largest absolute Gasteiger partial charge is 0.489 e. The maximum atomic E-state index is 12.4. The molecule has 4 aliphatic carbocycles. The third-order valence-corrected chi connectivity index (χ3v) is 7.92. The average Bonchev–Trinajstić information content (AvgIpc) is 2.93. The molecule has 0 radical (unpaired) electrons. The van der Waals surface area contributed by atoms with Gasteiger partial charge in [0.1, 0.15) is 29.8 Å². The lowest BCUT2D eigenvalue weighted by Crippen LogP contribution is -2.50. The molecule has 33 heavy (non-hydrogen) atoms. The second-order valence-electron chi connectivity index (χ2n) is 10.4. The fraction of sp³-hybridized carbons (Fsp3) is 0.542. The van der Waals surface area contributed by atoms with E-state index < -0.39 is 12.0 Å². The number of primary amides is 1. The zero-order valence-electron chi connectivity index (χ0n) is 18.5. The zero-order chi connectivity index (χ0) is 22.7. The Kier molecular flexibility index (Phi) is 4.65. The summed E-state index contributed by atoms with van der Waals surface area (Å²) in [6, 6.07) is 5.59. The van der Waals surface area contributed by atoms with Crippen LogP contribution >= 0.6 is 0 Å². The smallest absolute Gasteiger partial charge is 0.254 e. The number of aromatic nitrogens is 2. The Balaban J connectivity index is 1.36. The minimum atomic E-state index is -0.568. The number of amides is 1. The highest BCUT2D eigenvalue weighted by Gasteiger charge is 2.53. The molecule has 9 nitrogen and oxygen atoms in total. The van der Waals surface area contributed by atoms with Gasteiger partial charge in [-0.3, -0.25) is 4.79 Å². The molecule has 5 aliphatic rings. The number of anilines is 4. The molecule has 0 spiro atoms. The summed E-state index contributed by atoms with van der Waals surface area (Å²) >= 11 is 0. The highest BCUT2D eigenvalue weighted by atomic mass is 16.5. The van der Waals surface area contributed by atoms with E-state index in [-0.39, 0.29) is 23.4 Å². The minimum Gasteiger partial charge on any atom is -0.489 e. The topological polar surface area (TPSA) is 148 Å². The number of rotatable bonds is 4. The molecule has 7 N–H and O–H groups in total. The molecular weight excluding hydrogens is 420 g/mol. The zero-order valence-corrected chi connectivity index (χ0v) is 18.5. The number of nitrogens with two attached hydrogens (primary N) is 2. The van der Waals surface area contributed by atoms with E-state index in [1.165, 1.54) is 19.3 Å². The molecule has 9 heteroatoms. The summed E-state index contributed by atoms with van der Waals surface area (Å²) in [5.74, 6) is 2.68. The van der Waals surface area contributed by atoms with Gasteiger partial charge in [-0.05, 0) is 74.5 Å². The van der Waals surface area contributed by atoms with E-state index in [2.05, 4.69) is 15.6 Å². The molecule has 1 aromatic carbocycles. The number of hydrogen-bond acceptors (Lipinski definition) is 8. The van der Waals surface area contributed by atoms with Gasteiger partial charge in [0.2, 0.25) is 5.95 Å². The SMILES string of the molecule is NC(=O)c1c(N)nc(Nc2ccc3c(c2)NCC(O)CO3)nc1C12CC3CC(CC(C3)C1)C2. The molecule has 4 bridgehead atoms. The van der Waals surface area contributed by atoms with E-state index in [1.54, 1.807) is 0 Å². The Labute approximate surface area is 192 Å². The van der Waals surface area contributed by atoms with Crippen LogP contribution in [0.2, 0.25) is 0 Å². The third kappa shape index (κ3) is 3.55. The van der Waals surface area contributed by atoms with Gasteiger partial charge in [0.25, 0.3) is 5.91 Å². The first-order valence-electron chi connectivity index (χ1n) is 11.8. The van der Waals surface area contributed by atoms with Crippen molar-refractivity contribution in [2.24, 2.45) is 23.5 Å². The van der Waals surface area contributed by atoms with Crippen molar-refractivity contribution in [2.45, 2.75) is 50.0 Å². The van der Waals surface area contributed by atoms with Crippen molar-refractivity contribution >= 4 is 29.0 Å². The van der Waals surface area contributed by atoms with Gasteiger partial charge in [0.05, 0.1) is 11.4 Å². The van der Waals surface area contributed by atoms with Crippen LogP contribution in [0, 0.1) is 17.8 Å². The molecule has 1 aromatic heterocycles. The number of nitrogens with zero attached hydrogens (tertiary/aromatic N) is 2. The quantitative estimate of drug-likeness (QED) is 0.477. The van der Waals surface area contributed by atoms with Gasteiger partial charge in [-0.15, -0.1) is 0 Å². The van der Waals surface area contributed by atoms with Gasteiger partial charge in [-0.1, -0.05) is 0 Å². The first kappa shape index (κ1) is 20.5. The standard InChI is InChI=1S/C24H30N6O3/c25-21-19(22(26)32)20(24-7-12-3-13(8-24)5-14(4-12)9-24)29-23(30-21)28-15-1-2-18-17(6-15)27-10-16(31)11-33-18/h1-2,6,12-14,16,27,31H,3-5,7-11H2,(H2,26,32)(H3,25,28,29,30). The summed E-state index contributed by atoms with van der Waals surface area (Å²) in [5.41, 5.74) is 14.5. The third-order valence-electron chi connectivity index (χ3n) is 7.92. The maximum Gasteiger partial charge on any atom is 0.254 e. The molecule has 7 rings (SSSR count). The van der Waals surface area contributed by atoms with Crippen LogP contribution in [0.4, 0.5) is 23.1 Å². The molecule has 4 fully saturated rings. The van der Waals surface area contributed by atoms with E-state index in [9.17, 15) is 9.90 Å².